The maximum absolute atomic E-state index is 7.36. The van der Waals surface area contributed by atoms with Gasteiger partial charge in [-0.15, -0.1) is 0 Å². The highest BCUT2D eigenvalue weighted by atomic mass is 79.9. The van der Waals surface area contributed by atoms with Crippen molar-refractivity contribution in [2.45, 2.75) is 6.92 Å². The first-order chi connectivity index (χ1) is 8.19. The molecule has 0 spiro atoms. The molecule has 2 N–H and O–H groups in total. The summed E-state index contributed by atoms with van der Waals surface area (Å²) < 4.78 is 0.971. The van der Waals surface area contributed by atoms with Crippen molar-refractivity contribution < 1.29 is 0 Å². The first kappa shape index (κ1) is 11.8. The fourth-order valence-electron chi connectivity index (χ4n) is 1.51. The third kappa shape index (κ3) is 2.91. The van der Waals surface area contributed by atoms with Crippen LogP contribution >= 0.6 is 15.9 Å². The van der Waals surface area contributed by atoms with E-state index in [0.717, 1.165) is 27.2 Å². The number of hydrogen-bond acceptors (Lipinski definition) is 3. The maximum atomic E-state index is 7.36. The molecule has 0 radical (unpaired) electrons. The summed E-state index contributed by atoms with van der Waals surface area (Å²) in [6.07, 6.45) is 1.32. The van der Waals surface area contributed by atoms with Gasteiger partial charge >= 0.3 is 0 Å². The lowest BCUT2D eigenvalue weighted by Gasteiger charge is -2.09. The van der Waals surface area contributed by atoms with Crippen LogP contribution in [0.3, 0.4) is 0 Å². The van der Waals surface area contributed by atoms with Gasteiger partial charge in [-0.2, -0.15) is 0 Å². The number of nitrogens with one attached hydrogen (secondary N) is 2. The molecule has 17 heavy (non-hydrogen) atoms. The zero-order chi connectivity index (χ0) is 12.3. The van der Waals surface area contributed by atoms with E-state index >= 15 is 0 Å². The van der Waals surface area contributed by atoms with E-state index in [9.17, 15) is 0 Å². The second-order valence-corrected chi connectivity index (χ2v) is 4.58. The molecule has 0 amide bonds. The van der Waals surface area contributed by atoms with Crippen molar-refractivity contribution in [3.63, 3.8) is 0 Å². The van der Waals surface area contributed by atoms with Crippen LogP contribution in [0.2, 0.25) is 0 Å². The van der Waals surface area contributed by atoms with Crippen molar-refractivity contribution in [2.24, 2.45) is 0 Å². The maximum Gasteiger partial charge on any atom is 0.130 e. The molecule has 0 saturated carbocycles. The third-order valence-corrected chi connectivity index (χ3v) is 2.82. The van der Waals surface area contributed by atoms with Crippen LogP contribution in [0.4, 0.5) is 11.5 Å². The van der Waals surface area contributed by atoms with Crippen LogP contribution in [-0.2, 0) is 0 Å². The highest BCUT2D eigenvalue weighted by Gasteiger charge is 2.02. The molecule has 0 aliphatic heterocycles. The number of benzene rings is 1. The molecular weight excluding hydrogens is 278 g/mol. The Morgan fingerprint density at radius 1 is 1.29 bits per heavy atom. The number of hydrogen-bond donors (Lipinski definition) is 2. The van der Waals surface area contributed by atoms with Gasteiger partial charge in [0.15, 0.2) is 0 Å². The SMILES string of the molecule is Cc1cccc(Nc2cc(Br)ccc2C=N)n1. The lowest BCUT2D eigenvalue weighted by Crippen LogP contribution is -1.98. The molecule has 3 nitrogen and oxygen atoms in total. The van der Waals surface area contributed by atoms with Crippen molar-refractivity contribution in [1.29, 1.82) is 5.41 Å². The number of halogens is 1. The summed E-state index contributed by atoms with van der Waals surface area (Å²) in [6, 6.07) is 11.5. The quantitative estimate of drug-likeness (QED) is 0.842. The van der Waals surface area contributed by atoms with E-state index in [2.05, 4.69) is 26.2 Å². The molecule has 0 unspecified atom stereocenters. The second-order valence-electron chi connectivity index (χ2n) is 3.67. The highest BCUT2D eigenvalue weighted by molar-refractivity contribution is 9.10. The standard InChI is InChI=1S/C13H12BrN3/c1-9-3-2-4-13(16-9)17-12-7-11(14)6-5-10(12)8-15/h2-8,15H,1H3,(H,16,17). The lowest BCUT2D eigenvalue weighted by atomic mass is 10.2. The fourth-order valence-corrected chi connectivity index (χ4v) is 1.87. The third-order valence-electron chi connectivity index (χ3n) is 2.32. The molecule has 0 aliphatic rings. The van der Waals surface area contributed by atoms with Crippen molar-refractivity contribution in [3.05, 3.63) is 52.1 Å². The molecule has 2 aromatic rings. The molecule has 4 heteroatoms. The van der Waals surface area contributed by atoms with E-state index in [1.54, 1.807) is 0 Å². The minimum absolute atomic E-state index is 0.784. The van der Waals surface area contributed by atoms with Gasteiger partial charge in [0, 0.05) is 27.6 Å². The van der Waals surface area contributed by atoms with Gasteiger partial charge in [0.1, 0.15) is 5.82 Å². The van der Waals surface area contributed by atoms with Gasteiger partial charge in [0.05, 0.1) is 0 Å². The molecule has 0 fully saturated rings. The van der Waals surface area contributed by atoms with Crippen LogP contribution in [0, 0.1) is 12.3 Å². The van der Waals surface area contributed by atoms with Crippen molar-refractivity contribution in [3.8, 4) is 0 Å². The Kier molecular flexibility index (Phi) is 3.54. The molecule has 1 aromatic carbocycles. The molecule has 1 heterocycles. The van der Waals surface area contributed by atoms with Crippen LogP contribution in [0.15, 0.2) is 40.9 Å². The topological polar surface area (TPSA) is 48.8 Å². The lowest BCUT2D eigenvalue weighted by molar-refractivity contribution is 1.20. The van der Waals surface area contributed by atoms with Gasteiger partial charge in [-0.3, -0.25) is 0 Å². The number of nitrogens with zero attached hydrogens (tertiary/aromatic N) is 1. The minimum Gasteiger partial charge on any atom is -0.340 e. The first-order valence-electron chi connectivity index (χ1n) is 5.20. The molecule has 0 atom stereocenters. The molecular formula is C13H12BrN3. The van der Waals surface area contributed by atoms with Gasteiger partial charge < -0.3 is 10.7 Å². The predicted octanol–water partition coefficient (Wildman–Crippen LogP) is 3.89. The zero-order valence-electron chi connectivity index (χ0n) is 9.37. The number of aromatic nitrogens is 1. The van der Waals surface area contributed by atoms with Crippen molar-refractivity contribution >= 4 is 33.6 Å². The monoisotopic (exact) mass is 289 g/mol. The van der Waals surface area contributed by atoms with E-state index in [1.807, 2.05) is 43.3 Å². The molecule has 1 aromatic heterocycles. The van der Waals surface area contributed by atoms with E-state index in [4.69, 9.17) is 5.41 Å². The van der Waals surface area contributed by atoms with Crippen molar-refractivity contribution in [1.82, 2.24) is 4.98 Å². The molecule has 0 aliphatic carbocycles. The van der Waals surface area contributed by atoms with Crippen LogP contribution in [-0.4, -0.2) is 11.2 Å². The Labute approximate surface area is 109 Å². The van der Waals surface area contributed by atoms with Gasteiger partial charge in [0.25, 0.3) is 0 Å². The fraction of sp³-hybridized carbons (Fsp3) is 0.0769. The number of pyridine rings is 1. The Hall–Kier alpha value is -1.68. The second kappa shape index (κ2) is 5.10. The van der Waals surface area contributed by atoms with Crippen LogP contribution in [0.1, 0.15) is 11.3 Å². The van der Waals surface area contributed by atoms with Gasteiger partial charge in [0.2, 0.25) is 0 Å². The Balaban J connectivity index is 2.35. The highest BCUT2D eigenvalue weighted by Crippen LogP contribution is 2.23. The summed E-state index contributed by atoms with van der Waals surface area (Å²) in [6.45, 7) is 1.95. The normalized spacial score (nSPS) is 10.0. The summed E-state index contributed by atoms with van der Waals surface area (Å²) in [4.78, 5) is 4.37. The summed E-state index contributed by atoms with van der Waals surface area (Å²) in [5.41, 5.74) is 2.66. The van der Waals surface area contributed by atoms with E-state index in [0.29, 0.717) is 0 Å². The van der Waals surface area contributed by atoms with Crippen LogP contribution < -0.4 is 5.32 Å². The molecule has 2 rings (SSSR count). The van der Waals surface area contributed by atoms with Gasteiger partial charge in [-0.1, -0.05) is 28.1 Å². The average Bonchev–Trinajstić information content (AvgIpc) is 2.29. The predicted molar refractivity (Wildman–Crippen MR) is 74.3 cm³/mol. The van der Waals surface area contributed by atoms with Gasteiger partial charge in [-0.25, -0.2) is 4.98 Å². The average molecular weight is 290 g/mol. The first-order valence-corrected chi connectivity index (χ1v) is 5.99. The van der Waals surface area contributed by atoms with E-state index in [-0.39, 0.29) is 0 Å². The summed E-state index contributed by atoms with van der Waals surface area (Å²) in [7, 11) is 0. The van der Waals surface area contributed by atoms with Crippen LogP contribution in [0.5, 0.6) is 0 Å². The number of rotatable bonds is 3. The largest absolute Gasteiger partial charge is 0.340 e. The Bertz CT molecular complexity index is 552. The minimum atomic E-state index is 0.784. The number of aryl methyl sites for hydroxylation is 1. The molecule has 0 bridgehead atoms. The molecule has 86 valence electrons. The Morgan fingerprint density at radius 2 is 2.12 bits per heavy atom. The zero-order valence-corrected chi connectivity index (χ0v) is 11.0. The van der Waals surface area contributed by atoms with Crippen LogP contribution in [0.25, 0.3) is 0 Å². The number of anilines is 2. The summed E-state index contributed by atoms with van der Waals surface area (Å²) in [5, 5.41) is 10.6. The summed E-state index contributed by atoms with van der Waals surface area (Å²) in [5.74, 6) is 0.784. The summed E-state index contributed by atoms with van der Waals surface area (Å²) >= 11 is 3.42. The van der Waals surface area contributed by atoms with E-state index in [1.165, 1.54) is 6.21 Å². The van der Waals surface area contributed by atoms with Gasteiger partial charge in [-0.05, 0) is 31.2 Å². The van der Waals surface area contributed by atoms with E-state index < -0.39 is 0 Å². The Morgan fingerprint density at radius 3 is 2.82 bits per heavy atom. The molecule has 0 saturated heterocycles. The van der Waals surface area contributed by atoms with Crippen molar-refractivity contribution in [2.75, 3.05) is 5.32 Å². The smallest absolute Gasteiger partial charge is 0.130 e.